The third kappa shape index (κ3) is 2.08. The molecule has 3 aromatic carbocycles. The van der Waals surface area contributed by atoms with Gasteiger partial charge in [-0.1, -0.05) is 50.2 Å². The Labute approximate surface area is 196 Å². The predicted octanol–water partition coefficient (Wildman–Crippen LogP) is 7.60. The number of hydrogen-bond acceptors (Lipinski definition) is 2. The highest BCUT2D eigenvalue weighted by Crippen LogP contribution is 2.50. The van der Waals surface area contributed by atoms with Crippen LogP contribution in [-0.4, -0.2) is 14.4 Å². The van der Waals surface area contributed by atoms with Gasteiger partial charge in [0, 0.05) is 39.4 Å². The highest BCUT2D eigenvalue weighted by Gasteiger charge is 2.35. The Bertz CT molecular complexity index is 1860. The topological polar surface area (TPSA) is 30.2 Å². The van der Waals surface area contributed by atoms with Gasteiger partial charge in [-0.2, -0.15) is 0 Å². The Balaban J connectivity index is 1.46. The van der Waals surface area contributed by atoms with Crippen LogP contribution in [0.25, 0.3) is 60.3 Å². The molecule has 0 bridgehead atoms. The Morgan fingerprint density at radius 2 is 1.26 bits per heavy atom. The molecule has 0 aliphatic heterocycles. The van der Waals surface area contributed by atoms with Crippen molar-refractivity contribution < 1.29 is 0 Å². The van der Waals surface area contributed by atoms with E-state index in [9.17, 15) is 0 Å². The smallest absolute Gasteiger partial charge is 0.0725 e. The van der Waals surface area contributed by atoms with Gasteiger partial charge < -0.3 is 4.40 Å². The van der Waals surface area contributed by atoms with E-state index < -0.39 is 0 Å². The largest absolute Gasteiger partial charge is 0.305 e. The van der Waals surface area contributed by atoms with Crippen molar-refractivity contribution in [2.45, 2.75) is 19.3 Å². The van der Waals surface area contributed by atoms with Crippen LogP contribution >= 0.6 is 0 Å². The molecular weight excluding hydrogens is 414 g/mol. The number of benzene rings is 3. The third-order valence-electron chi connectivity index (χ3n) is 7.91. The maximum atomic E-state index is 4.43. The summed E-state index contributed by atoms with van der Waals surface area (Å²) in [7, 11) is 0. The summed E-state index contributed by atoms with van der Waals surface area (Å²) in [5, 5.41) is 5.00. The second-order valence-electron chi connectivity index (χ2n) is 9.97. The fraction of sp³-hybridized carbons (Fsp3) is 0.0968. The van der Waals surface area contributed by atoms with Crippen molar-refractivity contribution >= 4 is 38.1 Å². The van der Waals surface area contributed by atoms with Crippen LogP contribution < -0.4 is 0 Å². The lowest BCUT2D eigenvalue weighted by atomic mass is 9.81. The zero-order valence-electron chi connectivity index (χ0n) is 19.0. The van der Waals surface area contributed by atoms with Crippen LogP contribution in [-0.2, 0) is 5.41 Å². The maximum Gasteiger partial charge on any atom is 0.0725 e. The first-order valence-corrected chi connectivity index (χ1v) is 11.7. The average Bonchev–Trinajstić information content (AvgIpc) is 3.47. The summed E-state index contributed by atoms with van der Waals surface area (Å²) in [4.78, 5) is 8.85. The minimum atomic E-state index is -0.0111. The Kier molecular flexibility index (Phi) is 3.22. The quantitative estimate of drug-likeness (QED) is 0.266. The van der Waals surface area contributed by atoms with Crippen LogP contribution in [0, 0.1) is 0 Å². The van der Waals surface area contributed by atoms with E-state index in [0.717, 1.165) is 11.0 Å². The normalized spacial score (nSPS) is 14.4. The van der Waals surface area contributed by atoms with Gasteiger partial charge in [0.1, 0.15) is 0 Å². The van der Waals surface area contributed by atoms with Gasteiger partial charge in [-0.3, -0.25) is 9.97 Å². The van der Waals surface area contributed by atoms with E-state index in [0.29, 0.717) is 0 Å². The molecule has 3 heteroatoms. The van der Waals surface area contributed by atoms with E-state index in [1.807, 2.05) is 24.8 Å². The molecule has 3 nitrogen and oxygen atoms in total. The zero-order chi connectivity index (χ0) is 22.6. The standard InChI is InChI=1S/C31H21N3/c1-31(2)26-6-4-3-5-20(26)21-8-7-18(15-27(21)31)19-13-24-22-9-11-32-16-28(22)34-29-17-33-12-10-23(29)25(14-19)30(24)34/h3-17H,1-2H3. The summed E-state index contributed by atoms with van der Waals surface area (Å²) in [5.74, 6) is 0. The number of aromatic nitrogens is 3. The van der Waals surface area contributed by atoms with Gasteiger partial charge in [0.25, 0.3) is 0 Å². The number of rotatable bonds is 1. The maximum absolute atomic E-state index is 4.43. The summed E-state index contributed by atoms with van der Waals surface area (Å²) < 4.78 is 2.32. The molecule has 0 atom stereocenters. The molecule has 0 unspecified atom stereocenters. The Hall–Kier alpha value is -4.24. The van der Waals surface area contributed by atoms with Gasteiger partial charge in [-0.25, -0.2) is 0 Å². The average molecular weight is 436 g/mol. The van der Waals surface area contributed by atoms with Crippen molar-refractivity contribution in [2.75, 3.05) is 0 Å². The summed E-state index contributed by atoms with van der Waals surface area (Å²) >= 11 is 0. The van der Waals surface area contributed by atoms with Crippen molar-refractivity contribution in [3.05, 3.63) is 103 Å². The van der Waals surface area contributed by atoms with Gasteiger partial charge in [0.2, 0.25) is 0 Å². The van der Waals surface area contributed by atoms with E-state index in [1.54, 1.807) is 0 Å². The van der Waals surface area contributed by atoms with E-state index in [1.165, 1.54) is 60.4 Å². The highest BCUT2D eigenvalue weighted by atomic mass is 14.9. The molecule has 0 radical (unpaired) electrons. The van der Waals surface area contributed by atoms with E-state index in [4.69, 9.17) is 0 Å². The molecule has 1 aliphatic rings. The summed E-state index contributed by atoms with van der Waals surface area (Å²) in [6, 6.07) is 24.8. The zero-order valence-corrected chi connectivity index (χ0v) is 19.0. The molecular formula is C31H21N3. The minimum absolute atomic E-state index is 0.0111. The van der Waals surface area contributed by atoms with Gasteiger partial charge in [-0.15, -0.1) is 0 Å². The molecule has 160 valence electrons. The van der Waals surface area contributed by atoms with Gasteiger partial charge in [0.05, 0.1) is 28.9 Å². The van der Waals surface area contributed by atoms with E-state index >= 15 is 0 Å². The molecule has 0 fully saturated rings. The summed E-state index contributed by atoms with van der Waals surface area (Å²) in [6.07, 6.45) is 7.71. The lowest BCUT2D eigenvalue weighted by Crippen LogP contribution is -2.14. The Morgan fingerprint density at radius 1 is 0.618 bits per heavy atom. The number of fused-ring (bicyclic) bond motifs is 9. The van der Waals surface area contributed by atoms with Crippen LogP contribution in [0.3, 0.4) is 0 Å². The molecule has 8 rings (SSSR count). The van der Waals surface area contributed by atoms with Crippen LogP contribution in [0.4, 0.5) is 0 Å². The fourth-order valence-electron chi connectivity index (χ4n) is 6.29. The lowest BCUT2D eigenvalue weighted by molar-refractivity contribution is 0.660. The minimum Gasteiger partial charge on any atom is -0.305 e. The Morgan fingerprint density at radius 3 is 1.97 bits per heavy atom. The van der Waals surface area contributed by atoms with E-state index in [-0.39, 0.29) is 5.41 Å². The molecule has 0 spiro atoms. The van der Waals surface area contributed by atoms with Gasteiger partial charge in [0.15, 0.2) is 0 Å². The highest BCUT2D eigenvalue weighted by molar-refractivity contribution is 6.24. The van der Waals surface area contributed by atoms with Crippen LogP contribution in [0.15, 0.2) is 91.5 Å². The van der Waals surface area contributed by atoms with Gasteiger partial charge >= 0.3 is 0 Å². The first-order valence-electron chi connectivity index (χ1n) is 11.7. The molecule has 4 aromatic heterocycles. The number of hydrogen-bond donors (Lipinski definition) is 0. The van der Waals surface area contributed by atoms with Crippen LogP contribution in [0.5, 0.6) is 0 Å². The van der Waals surface area contributed by atoms with Gasteiger partial charge in [-0.05, 0) is 63.7 Å². The summed E-state index contributed by atoms with van der Waals surface area (Å²) in [5.41, 5.74) is 11.5. The van der Waals surface area contributed by atoms with Crippen molar-refractivity contribution in [2.24, 2.45) is 0 Å². The first-order chi connectivity index (χ1) is 16.6. The second kappa shape index (κ2) is 6.00. The van der Waals surface area contributed by atoms with Crippen molar-refractivity contribution in [3.63, 3.8) is 0 Å². The molecule has 0 N–H and O–H groups in total. The first kappa shape index (κ1) is 18.2. The summed E-state index contributed by atoms with van der Waals surface area (Å²) in [6.45, 7) is 4.68. The molecule has 4 heterocycles. The van der Waals surface area contributed by atoms with Crippen LogP contribution in [0.1, 0.15) is 25.0 Å². The monoisotopic (exact) mass is 435 g/mol. The molecule has 0 saturated carbocycles. The fourth-order valence-corrected chi connectivity index (χ4v) is 6.29. The molecule has 0 saturated heterocycles. The lowest BCUT2D eigenvalue weighted by Gasteiger charge is -2.22. The van der Waals surface area contributed by atoms with Crippen LogP contribution in [0.2, 0.25) is 0 Å². The second-order valence-corrected chi connectivity index (χ2v) is 9.97. The van der Waals surface area contributed by atoms with Crippen molar-refractivity contribution in [1.82, 2.24) is 14.4 Å². The molecule has 1 aliphatic carbocycles. The SMILES string of the molecule is CC1(C)c2ccccc2-c2ccc(-c3cc4c5ccncc5n5c6cnccc6c(c3)c45)cc21. The number of nitrogens with zero attached hydrogens (tertiary/aromatic N) is 3. The van der Waals surface area contributed by atoms with Crippen molar-refractivity contribution in [3.8, 4) is 22.3 Å². The van der Waals surface area contributed by atoms with Crippen molar-refractivity contribution in [1.29, 1.82) is 0 Å². The van der Waals surface area contributed by atoms with E-state index in [2.05, 4.69) is 94.9 Å². The molecule has 34 heavy (non-hydrogen) atoms. The molecule has 7 aromatic rings. The predicted molar refractivity (Wildman–Crippen MR) is 140 cm³/mol. The number of pyridine rings is 2. The third-order valence-corrected chi connectivity index (χ3v) is 7.91. The molecule has 0 amide bonds.